The zero-order chi connectivity index (χ0) is 10.1. The van der Waals surface area contributed by atoms with Crippen molar-refractivity contribution in [3.05, 3.63) is 24.0 Å². The van der Waals surface area contributed by atoms with Crippen LogP contribution in [0.4, 0.5) is 17.6 Å². The predicted octanol–water partition coefficient (Wildman–Crippen LogP) is -0.131. The SMILES string of the molecule is O.O.[B]c1ccc(F)c(OC(F)(F)F)c1. The molecule has 1 aromatic rings. The fourth-order valence-electron chi connectivity index (χ4n) is 0.723. The molecule has 8 heteroatoms. The van der Waals surface area contributed by atoms with E-state index in [2.05, 4.69) is 4.74 Å². The number of ether oxygens (including phenoxy) is 1. The molecule has 4 N–H and O–H groups in total. The molecule has 0 aliphatic heterocycles. The van der Waals surface area contributed by atoms with Crippen LogP contribution in [0.5, 0.6) is 5.75 Å². The molecule has 0 aliphatic rings. The van der Waals surface area contributed by atoms with Crippen molar-refractivity contribution in [1.82, 2.24) is 0 Å². The monoisotopic (exact) mass is 226 g/mol. The lowest BCUT2D eigenvalue weighted by molar-refractivity contribution is -0.275. The summed E-state index contributed by atoms with van der Waals surface area (Å²) in [6.07, 6.45) is -4.91. The molecule has 0 unspecified atom stereocenters. The lowest BCUT2D eigenvalue weighted by Crippen LogP contribution is -2.19. The van der Waals surface area contributed by atoms with Crippen LogP contribution in [0.15, 0.2) is 18.2 Å². The molecule has 0 bridgehead atoms. The van der Waals surface area contributed by atoms with Crippen LogP contribution in [-0.4, -0.2) is 25.2 Å². The van der Waals surface area contributed by atoms with Crippen LogP contribution in [0.1, 0.15) is 0 Å². The average Bonchev–Trinajstić information content (AvgIpc) is 1.94. The van der Waals surface area contributed by atoms with Gasteiger partial charge in [-0.05, 0) is 12.1 Å². The molecule has 0 saturated heterocycles. The van der Waals surface area contributed by atoms with E-state index in [-0.39, 0.29) is 16.4 Å². The molecular weight excluding hydrogens is 219 g/mol. The summed E-state index contributed by atoms with van der Waals surface area (Å²) in [6.45, 7) is 0. The lowest BCUT2D eigenvalue weighted by Gasteiger charge is -2.09. The molecule has 3 nitrogen and oxygen atoms in total. The van der Waals surface area contributed by atoms with Gasteiger partial charge < -0.3 is 15.7 Å². The van der Waals surface area contributed by atoms with Crippen molar-refractivity contribution >= 4 is 13.3 Å². The second-order valence-corrected chi connectivity index (χ2v) is 2.24. The first-order valence-electron chi connectivity index (χ1n) is 3.19. The third-order valence-corrected chi connectivity index (χ3v) is 1.18. The third kappa shape index (κ3) is 5.23. The summed E-state index contributed by atoms with van der Waals surface area (Å²) < 4.78 is 50.8. The van der Waals surface area contributed by atoms with Gasteiger partial charge in [-0.15, -0.1) is 13.2 Å². The van der Waals surface area contributed by atoms with Gasteiger partial charge in [-0.3, -0.25) is 0 Å². The van der Waals surface area contributed by atoms with Crippen LogP contribution in [0.2, 0.25) is 0 Å². The van der Waals surface area contributed by atoms with Crippen LogP contribution in [0.25, 0.3) is 0 Å². The topological polar surface area (TPSA) is 72.2 Å². The fourth-order valence-corrected chi connectivity index (χ4v) is 0.723. The lowest BCUT2D eigenvalue weighted by atomic mass is 9.96. The Morgan fingerprint density at radius 3 is 2.13 bits per heavy atom. The molecule has 0 saturated carbocycles. The molecule has 0 aliphatic carbocycles. The van der Waals surface area contributed by atoms with E-state index in [1.54, 1.807) is 0 Å². The fraction of sp³-hybridized carbons (Fsp3) is 0.143. The van der Waals surface area contributed by atoms with E-state index in [0.717, 1.165) is 18.2 Å². The van der Waals surface area contributed by atoms with Gasteiger partial charge in [0.2, 0.25) is 0 Å². The van der Waals surface area contributed by atoms with Crippen molar-refractivity contribution in [2.45, 2.75) is 6.36 Å². The van der Waals surface area contributed by atoms with Gasteiger partial charge in [-0.2, -0.15) is 0 Å². The van der Waals surface area contributed by atoms with Crippen molar-refractivity contribution in [2.75, 3.05) is 0 Å². The van der Waals surface area contributed by atoms with Crippen LogP contribution >= 0.6 is 0 Å². The van der Waals surface area contributed by atoms with Crippen LogP contribution in [-0.2, 0) is 0 Å². The highest BCUT2D eigenvalue weighted by Gasteiger charge is 2.32. The minimum absolute atomic E-state index is 0. The molecule has 1 rings (SSSR count). The van der Waals surface area contributed by atoms with E-state index in [0.29, 0.717) is 0 Å². The average molecular weight is 226 g/mol. The summed E-state index contributed by atoms with van der Waals surface area (Å²) in [5, 5.41) is 0. The summed E-state index contributed by atoms with van der Waals surface area (Å²) in [5.74, 6) is -2.03. The molecule has 0 fully saturated rings. The normalized spacial score (nSPS) is 9.87. The maximum Gasteiger partial charge on any atom is 0.573 e. The quantitative estimate of drug-likeness (QED) is 0.485. The number of benzene rings is 1. The second-order valence-electron chi connectivity index (χ2n) is 2.24. The van der Waals surface area contributed by atoms with Gasteiger partial charge >= 0.3 is 6.36 Å². The van der Waals surface area contributed by atoms with Crippen molar-refractivity contribution in [1.29, 1.82) is 0 Å². The zero-order valence-corrected chi connectivity index (χ0v) is 7.23. The van der Waals surface area contributed by atoms with Crippen molar-refractivity contribution < 1.29 is 33.3 Å². The first kappa shape index (κ1) is 16.2. The largest absolute Gasteiger partial charge is 0.573 e. The van der Waals surface area contributed by atoms with Gasteiger partial charge in [-0.25, -0.2) is 4.39 Å². The maximum atomic E-state index is 12.6. The summed E-state index contributed by atoms with van der Waals surface area (Å²) in [7, 11) is 5.13. The van der Waals surface area contributed by atoms with Crippen molar-refractivity contribution in [2.24, 2.45) is 0 Å². The molecule has 0 heterocycles. The van der Waals surface area contributed by atoms with Crippen LogP contribution in [0.3, 0.4) is 0 Å². The van der Waals surface area contributed by atoms with Gasteiger partial charge in [0.25, 0.3) is 0 Å². The second kappa shape index (κ2) is 5.57. The number of alkyl halides is 3. The minimum atomic E-state index is -4.91. The first-order valence-corrected chi connectivity index (χ1v) is 3.19. The Labute approximate surface area is 83.7 Å². The van der Waals surface area contributed by atoms with Crippen LogP contribution in [0, 0.1) is 5.82 Å². The predicted molar refractivity (Wildman–Crippen MR) is 45.7 cm³/mol. The Morgan fingerprint density at radius 1 is 1.13 bits per heavy atom. The number of hydrogen-bond acceptors (Lipinski definition) is 1. The number of rotatable bonds is 1. The van der Waals surface area contributed by atoms with Crippen molar-refractivity contribution in [3.63, 3.8) is 0 Å². The molecule has 0 amide bonds. The Kier molecular flexibility index (Phi) is 6.00. The molecular formula is C7H7BF4O3. The van der Waals surface area contributed by atoms with Gasteiger partial charge in [0, 0.05) is 0 Å². The highest BCUT2D eigenvalue weighted by molar-refractivity contribution is 6.32. The van der Waals surface area contributed by atoms with E-state index in [9.17, 15) is 17.6 Å². The van der Waals surface area contributed by atoms with Crippen molar-refractivity contribution in [3.8, 4) is 5.75 Å². The Bertz CT molecular complexity index is 316. The highest BCUT2D eigenvalue weighted by atomic mass is 19.4. The summed E-state index contributed by atoms with van der Waals surface area (Å²) >= 11 is 0. The molecule has 1 aromatic carbocycles. The first-order chi connectivity index (χ1) is 5.88. The van der Waals surface area contributed by atoms with Gasteiger partial charge in [0.15, 0.2) is 11.6 Å². The van der Waals surface area contributed by atoms with E-state index in [4.69, 9.17) is 7.85 Å². The highest BCUT2D eigenvalue weighted by Crippen LogP contribution is 2.23. The summed E-state index contributed by atoms with van der Waals surface area (Å²) in [6, 6.07) is 2.71. The maximum absolute atomic E-state index is 12.6. The van der Waals surface area contributed by atoms with Crippen LogP contribution < -0.4 is 10.2 Å². The molecule has 2 radical (unpaired) electrons. The smallest absolute Gasteiger partial charge is 0.412 e. The van der Waals surface area contributed by atoms with E-state index >= 15 is 0 Å². The Balaban J connectivity index is 0. The van der Waals surface area contributed by atoms with Gasteiger partial charge in [0.05, 0.1) is 0 Å². The van der Waals surface area contributed by atoms with E-state index < -0.39 is 17.9 Å². The molecule has 0 atom stereocenters. The minimum Gasteiger partial charge on any atom is -0.412 e. The summed E-state index contributed by atoms with van der Waals surface area (Å²) in [4.78, 5) is 0. The van der Waals surface area contributed by atoms with Gasteiger partial charge in [0.1, 0.15) is 7.85 Å². The van der Waals surface area contributed by atoms with Gasteiger partial charge in [-0.1, -0.05) is 11.5 Å². The van der Waals surface area contributed by atoms with E-state index in [1.165, 1.54) is 0 Å². The van der Waals surface area contributed by atoms with E-state index in [1.807, 2.05) is 0 Å². The molecule has 84 valence electrons. The molecule has 0 aromatic heterocycles. The number of halogens is 4. The Hall–Kier alpha value is -1.28. The zero-order valence-electron chi connectivity index (χ0n) is 7.23. The third-order valence-electron chi connectivity index (χ3n) is 1.18. The molecule has 0 spiro atoms. The molecule has 15 heavy (non-hydrogen) atoms. The summed E-state index contributed by atoms with van der Waals surface area (Å²) in [5.41, 5.74) is 0.000602. The standard InChI is InChI=1S/C7H3BF4O.2H2O/c8-4-1-2-5(9)6(3-4)13-7(10,11)12;;/h1-3H;2*1H2. The number of hydrogen-bond donors (Lipinski definition) is 0. The Morgan fingerprint density at radius 2 is 1.67 bits per heavy atom.